The van der Waals surface area contributed by atoms with Gasteiger partial charge in [0.25, 0.3) is 11.5 Å². The number of nitrogens with zero attached hydrogens (tertiary/aromatic N) is 2. The Balaban J connectivity index is 2.35. The van der Waals surface area contributed by atoms with Crippen molar-refractivity contribution in [3.05, 3.63) is 33.1 Å². The summed E-state index contributed by atoms with van der Waals surface area (Å²) in [5.41, 5.74) is -3.27. The molecule has 1 amide bonds. The van der Waals surface area contributed by atoms with Gasteiger partial charge in [-0.15, -0.1) is 0 Å². The van der Waals surface area contributed by atoms with Crippen molar-refractivity contribution in [2.75, 3.05) is 20.2 Å². The molecule has 128 valence electrons. The van der Waals surface area contributed by atoms with E-state index in [1.54, 1.807) is 25.7 Å². The third-order valence-corrected chi connectivity index (χ3v) is 4.50. The Kier molecular flexibility index (Phi) is 4.50. The van der Waals surface area contributed by atoms with Crippen molar-refractivity contribution in [3.8, 4) is 0 Å². The van der Waals surface area contributed by atoms with Crippen LogP contribution in [0.5, 0.6) is 0 Å². The van der Waals surface area contributed by atoms with Gasteiger partial charge in [-0.3, -0.25) is 19.1 Å². The van der Waals surface area contributed by atoms with Crippen molar-refractivity contribution in [2.45, 2.75) is 44.4 Å². The summed E-state index contributed by atoms with van der Waals surface area (Å²) in [4.78, 5) is 39.5. The van der Waals surface area contributed by atoms with Gasteiger partial charge in [-0.05, 0) is 27.2 Å². The second-order valence-corrected chi connectivity index (χ2v) is 6.61. The van der Waals surface area contributed by atoms with Crippen LogP contribution in [-0.2, 0) is 9.53 Å². The number of aliphatic hydroxyl groups is 1. The molecule has 2 heterocycles. The van der Waals surface area contributed by atoms with Crippen molar-refractivity contribution in [1.82, 2.24) is 14.5 Å². The summed E-state index contributed by atoms with van der Waals surface area (Å²) in [6.45, 7) is 5.49. The number of ether oxygens (including phenoxy) is 1. The number of piperidine rings is 1. The molecule has 2 N–H and O–H groups in total. The zero-order valence-electron chi connectivity index (χ0n) is 13.8. The number of rotatable bonds is 3. The molecule has 0 aliphatic carbocycles. The number of carbonyl (C=O) groups excluding carboxylic acids is 1. The minimum Gasteiger partial charge on any atom is -0.388 e. The van der Waals surface area contributed by atoms with E-state index in [2.05, 4.69) is 4.98 Å². The van der Waals surface area contributed by atoms with Crippen molar-refractivity contribution >= 4 is 5.91 Å². The van der Waals surface area contributed by atoms with Gasteiger partial charge in [-0.1, -0.05) is 0 Å². The van der Waals surface area contributed by atoms with Gasteiger partial charge >= 0.3 is 5.69 Å². The van der Waals surface area contributed by atoms with E-state index in [0.29, 0.717) is 13.0 Å². The van der Waals surface area contributed by atoms with E-state index >= 15 is 0 Å². The Hall–Kier alpha value is -1.93. The Morgan fingerprint density at radius 3 is 2.70 bits per heavy atom. The molecular formula is C15H23N3O5. The summed E-state index contributed by atoms with van der Waals surface area (Å²) in [5.74, 6) is -0.210. The lowest BCUT2D eigenvalue weighted by atomic mass is 9.87. The molecule has 8 heteroatoms. The number of aromatic amines is 1. The number of H-pyrrole nitrogens is 1. The van der Waals surface area contributed by atoms with Gasteiger partial charge < -0.3 is 14.7 Å². The normalized spacial score (nSPS) is 25.4. The molecule has 1 aliphatic heterocycles. The van der Waals surface area contributed by atoms with E-state index < -0.39 is 28.5 Å². The molecular weight excluding hydrogens is 302 g/mol. The molecule has 0 spiro atoms. The summed E-state index contributed by atoms with van der Waals surface area (Å²) in [6.07, 6.45) is 1.66. The first-order chi connectivity index (χ1) is 10.6. The van der Waals surface area contributed by atoms with Crippen LogP contribution in [-0.4, -0.2) is 56.9 Å². The van der Waals surface area contributed by atoms with Crippen molar-refractivity contribution in [3.63, 3.8) is 0 Å². The Labute approximate surface area is 133 Å². The maximum Gasteiger partial charge on any atom is 0.328 e. The minimum atomic E-state index is -1.17. The summed E-state index contributed by atoms with van der Waals surface area (Å²) in [5, 5.41) is 10.6. The standard InChI is InChI=1S/C15H23N3O5/c1-14(2,23-4)12(20)17-8-6-15(3,22)10(9-17)18-7-5-11(19)16-13(18)21/h5,7,10,22H,6,8-9H2,1-4H3,(H,16,19,21)/t10-,15-/m1/s1. The highest BCUT2D eigenvalue weighted by Crippen LogP contribution is 2.31. The summed E-state index contributed by atoms with van der Waals surface area (Å²) in [6, 6.07) is 0.564. The van der Waals surface area contributed by atoms with E-state index in [1.807, 2.05) is 0 Å². The summed E-state index contributed by atoms with van der Waals surface area (Å²) >= 11 is 0. The Bertz CT molecular complexity index is 704. The fraction of sp³-hybridized carbons (Fsp3) is 0.667. The average molecular weight is 325 g/mol. The molecule has 0 aromatic carbocycles. The fourth-order valence-corrected chi connectivity index (χ4v) is 2.74. The lowest BCUT2D eigenvalue weighted by Crippen LogP contribution is -2.58. The molecule has 0 bridgehead atoms. The molecule has 0 unspecified atom stereocenters. The monoisotopic (exact) mass is 325 g/mol. The number of methoxy groups -OCH3 is 1. The second kappa shape index (κ2) is 5.93. The minimum absolute atomic E-state index is 0.157. The van der Waals surface area contributed by atoms with Gasteiger partial charge in [0.1, 0.15) is 5.60 Å². The number of hydrogen-bond donors (Lipinski definition) is 2. The van der Waals surface area contributed by atoms with Crippen LogP contribution >= 0.6 is 0 Å². The van der Waals surface area contributed by atoms with Gasteiger partial charge in [-0.2, -0.15) is 0 Å². The zero-order chi connectivity index (χ0) is 17.4. The highest BCUT2D eigenvalue weighted by molar-refractivity contribution is 5.84. The van der Waals surface area contributed by atoms with Crippen LogP contribution in [0.15, 0.2) is 21.9 Å². The summed E-state index contributed by atoms with van der Waals surface area (Å²) < 4.78 is 6.48. The molecule has 1 fully saturated rings. The molecule has 1 aromatic rings. The molecule has 1 aliphatic rings. The number of carbonyl (C=O) groups is 1. The maximum atomic E-state index is 12.6. The predicted molar refractivity (Wildman–Crippen MR) is 83.3 cm³/mol. The van der Waals surface area contributed by atoms with E-state index in [4.69, 9.17) is 4.74 Å². The molecule has 1 aromatic heterocycles. The largest absolute Gasteiger partial charge is 0.388 e. The summed E-state index contributed by atoms with van der Waals surface area (Å²) in [7, 11) is 1.46. The van der Waals surface area contributed by atoms with E-state index in [9.17, 15) is 19.5 Å². The number of amides is 1. The van der Waals surface area contributed by atoms with Crippen LogP contribution in [0.1, 0.15) is 33.2 Å². The lowest BCUT2D eigenvalue weighted by molar-refractivity contribution is -0.157. The van der Waals surface area contributed by atoms with E-state index in [0.717, 1.165) is 0 Å². The van der Waals surface area contributed by atoms with Gasteiger partial charge in [-0.25, -0.2) is 4.79 Å². The van der Waals surface area contributed by atoms with E-state index in [1.165, 1.54) is 23.9 Å². The average Bonchev–Trinajstić information content (AvgIpc) is 2.47. The molecule has 0 saturated carbocycles. The van der Waals surface area contributed by atoms with Crippen molar-refractivity contribution in [1.29, 1.82) is 0 Å². The first kappa shape index (κ1) is 17.4. The van der Waals surface area contributed by atoms with Crippen LogP contribution in [0.3, 0.4) is 0 Å². The van der Waals surface area contributed by atoms with Crippen molar-refractivity contribution < 1.29 is 14.6 Å². The molecule has 23 heavy (non-hydrogen) atoms. The third kappa shape index (κ3) is 3.37. The molecule has 8 nitrogen and oxygen atoms in total. The lowest BCUT2D eigenvalue weighted by Gasteiger charge is -2.44. The number of likely N-dealkylation sites (tertiary alicyclic amines) is 1. The van der Waals surface area contributed by atoms with Crippen LogP contribution in [0.25, 0.3) is 0 Å². The molecule has 2 rings (SSSR count). The first-order valence-corrected chi connectivity index (χ1v) is 7.47. The zero-order valence-corrected chi connectivity index (χ0v) is 13.8. The van der Waals surface area contributed by atoms with Gasteiger partial charge in [0.15, 0.2) is 0 Å². The molecule has 0 radical (unpaired) electrons. The number of hydrogen-bond acceptors (Lipinski definition) is 5. The fourth-order valence-electron chi connectivity index (χ4n) is 2.74. The Morgan fingerprint density at radius 2 is 2.13 bits per heavy atom. The van der Waals surface area contributed by atoms with Gasteiger partial charge in [0, 0.05) is 32.5 Å². The van der Waals surface area contributed by atoms with Crippen LogP contribution < -0.4 is 11.2 Å². The maximum absolute atomic E-state index is 12.6. The SMILES string of the molecule is COC(C)(C)C(=O)N1CC[C@@](C)(O)[C@H](n2ccc(=O)[nH]c2=O)C1. The highest BCUT2D eigenvalue weighted by Gasteiger charge is 2.43. The van der Waals surface area contributed by atoms with Crippen LogP contribution in [0.2, 0.25) is 0 Å². The number of nitrogens with one attached hydrogen (secondary N) is 1. The second-order valence-electron chi connectivity index (χ2n) is 6.61. The molecule has 2 atom stereocenters. The van der Waals surface area contributed by atoms with Crippen LogP contribution in [0.4, 0.5) is 0 Å². The van der Waals surface area contributed by atoms with Crippen molar-refractivity contribution in [2.24, 2.45) is 0 Å². The molecule has 1 saturated heterocycles. The number of aromatic nitrogens is 2. The smallest absolute Gasteiger partial charge is 0.328 e. The van der Waals surface area contributed by atoms with Gasteiger partial charge in [0.2, 0.25) is 0 Å². The predicted octanol–water partition coefficient (Wildman–Crippen LogP) is -0.514. The Morgan fingerprint density at radius 1 is 1.48 bits per heavy atom. The quantitative estimate of drug-likeness (QED) is 0.778. The van der Waals surface area contributed by atoms with Crippen LogP contribution in [0, 0.1) is 0 Å². The van der Waals surface area contributed by atoms with E-state index in [-0.39, 0.29) is 12.5 Å². The highest BCUT2D eigenvalue weighted by atomic mass is 16.5. The van der Waals surface area contributed by atoms with Gasteiger partial charge in [0.05, 0.1) is 11.6 Å². The first-order valence-electron chi connectivity index (χ1n) is 7.47. The topological polar surface area (TPSA) is 105 Å². The third-order valence-electron chi connectivity index (χ3n) is 4.50.